The fraction of sp³-hybridized carbons (Fsp3) is 0.647. The zero-order valence-electron chi connectivity index (χ0n) is 12.1. The molecule has 0 spiro atoms. The lowest BCUT2D eigenvalue weighted by molar-refractivity contribution is 0.193. The van der Waals surface area contributed by atoms with Crippen LogP contribution in [0, 0.1) is 24.7 Å². The van der Waals surface area contributed by atoms with E-state index >= 15 is 0 Å². The van der Waals surface area contributed by atoms with E-state index in [9.17, 15) is 0 Å². The first-order valence-electron chi connectivity index (χ1n) is 7.63. The van der Waals surface area contributed by atoms with Gasteiger partial charge in [-0.05, 0) is 56.6 Å². The summed E-state index contributed by atoms with van der Waals surface area (Å²) in [5.41, 5.74) is 2.54. The van der Waals surface area contributed by atoms with Crippen LogP contribution < -0.4 is 10.1 Å². The summed E-state index contributed by atoms with van der Waals surface area (Å²) in [5, 5.41) is 3.23. The molecule has 2 aliphatic carbocycles. The van der Waals surface area contributed by atoms with E-state index in [1.807, 2.05) is 7.05 Å². The van der Waals surface area contributed by atoms with Gasteiger partial charge in [-0.1, -0.05) is 24.6 Å². The van der Waals surface area contributed by atoms with Crippen LogP contribution in [0.5, 0.6) is 5.75 Å². The maximum atomic E-state index is 6.22. The van der Waals surface area contributed by atoms with Crippen molar-refractivity contribution in [3.8, 4) is 5.75 Å². The lowest BCUT2D eigenvalue weighted by atomic mass is 9.89. The Morgan fingerprint density at radius 3 is 2.84 bits per heavy atom. The van der Waals surface area contributed by atoms with Crippen molar-refractivity contribution < 1.29 is 4.74 Å². The van der Waals surface area contributed by atoms with Gasteiger partial charge >= 0.3 is 0 Å². The fourth-order valence-electron chi connectivity index (χ4n) is 4.02. The van der Waals surface area contributed by atoms with Gasteiger partial charge in [0.05, 0.1) is 6.61 Å². The molecule has 3 atom stereocenters. The Kier molecular flexibility index (Phi) is 3.79. The van der Waals surface area contributed by atoms with Gasteiger partial charge in [0, 0.05) is 12.1 Å². The van der Waals surface area contributed by atoms with Gasteiger partial charge in [0.1, 0.15) is 5.75 Å². The highest BCUT2D eigenvalue weighted by Gasteiger charge is 2.39. The summed E-state index contributed by atoms with van der Waals surface area (Å²) in [7, 11) is 1.99. The van der Waals surface area contributed by atoms with Crippen LogP contribution in [0.2, 0.25) is 0 Å². The maximum absolute atomic E-state index is 6.22. The van der Waals surface area contributed by atoms with E-state index in [-0.39, 0.29) is 0 Å². The van der Waals surface area contributed by atoms with Gasteiger partial charge in [0.25, 0.3) is 0 Å². The maximum Gasteiger partial charge on any atom is 0.126 e. The second-order valence-electron chi connectivity index (χ2n) is 6.34. The number of hydrogen-bond donors (Lipinski definition) is 1. The molecule has 2 bridgehead atoms. The predicted octanol–water partition coefficient (Wildman–Crippen LogP) is 3.53. The molecule has 2 aliphatic rings. The minimum Gasteiger partial charge on any atom is -0.493 e. The van der Waals surface area contributed by atoms with E-state index < -0.39 is 0 Å². The van der Waals surface area contributed by atoms with Crippen LogP contribution in [0.4, 0.5) is 0 Å². The summed E-state index contributed by atoms with van der Waals surface area (Å²) in [6.07, 6.45) is 5.77. The van der Waals surface area contributed by atoms with Crippen molar-refractivity contribution in [3.63, 3.8) is 0 Å². The molecule has 2 heteroatoms. The van der Waals surface area contributed by atoms with Crippen molar-refractivity contribution in [2.24, 2.45) is 17.8 Å². The third-order valence-electron chi connectivity index (χ3n) is 4.99. The van der Waals surface area contributed by atoms with Crippen molar-refractivity contribution in [1.82, 2.24) is 5.32 Å². The Morgan fingerprint density at radius 2 is 2.16 bits per heavy atom. The SMILES string of the molecule is CNCc1cccc(C)c1OCC1CC2CCC1C2. The normalized spacial score (nSPS) is 28.8. The quantitative estimate of drug-likeness (QED) is 0.873. The van der Waals surface area contributed by atoms with Crippen LogP contribution in [0.25, 0.3) is 0 Å². The summed E-state index contributed by atoms with van der Waals surface area (Å²) in [5.74, 6) is 3.87. The van der Waals surface area contributed by atoms with Crippen molar-refractivity contribution in [1.29, 1.82) is 0 Å². The molecular formula is C17H25NO. The Morgan fingerprint density at radius 1 is 1.26 bits per heavy atom. The molecule has 1 N–H and O–H groups in total. The average molecular weight is 259 g/mol. The van der Waals surface area contributed by atoms with Gasteiger partial charge in [-0.15, -0.1) is 0 Å². The highest BCUT2D eigenvalue weighted by Crippen LogP contribution is 2.48. The van der Waals surface area contributed by atoms with Gasteiger partial charge < -0.3 is 10.1 Å². The molecule has 3 rings (SSSR count). The first-order valence-corrected chi connectivity index (χ1v) is 7.63. The number of ether oxygens (including phenoxy) is 1. The smallest absolute Gasteiger partial charge is 0.126 e. The topological polar surface area (TPSA) is 21.3 Å². The fourth-order valence-corrected chi connectivity index (χ4v) is 4.02. The Balaban J connectivity index is 1.66. The summed E-state index contributed by atoms with van der Waals surface area (Å²) < 4.78 is 6.22. The van der Waals surface area contributed by atoms with E-state index in [0.717, 1.165) is 36.7 Å². The van der Waals surface area contributed by atoms with Gasteiger partial charge in [-0.25, -0.2) is 0 Å². The first kappa shape index (κ1) is 13.0. The largest absolute Gasteiger partial charge is 0.493 e. The van der Waals surface area contributed by atoms with Crippen LogP contribution in [0.3, 0.4) is 0 Å². The zero-order valence-corrected chi connectivity index (χ0v) is 12.1. The van der Waals surface area contributed by atoms with Crippen LogP contribution in [-0.2, 0) is 6.54 Å². The predicted molar refractivity (Wildman–Crippen MR) is 78.4 cm³/mol. The molecule has 0 aliphatic heterocycles. The second kappa shape index (κ2) is 5.54. The lowest BCUT2D eigenvalue weighted by Crippen LogP contribution is -2.19. The van der Waals surface area contributed by atoms with Gasteiger partial charge in [-0.3, -0.25) is 0 Å². The van der Waals surface area contributed by atoms with Gasteiger partial charge in [-0.2, -0.15) is 0 Å². The number of aryl methyl sites for hydroxylation is 1. The molecule has 104 valence electrons. The number of nitrogens with one attached hydrogen (secondary N) is 1. The summed E-state index contributed by atoms with van der Waals surface area (Å²) >= 11 is 0. The number of benzene rings is 1. The van der Waals surface area contributed by atoms with Crippen molar-refractivity contribution in [2.75, 3.05) is 13.7 Å². The van der Waals surface area contributed by atoms with E-state index in [1.165, 1.54) is 36.8 Å². The van der Waals surface area contributed by atoms with Gasteiger partial charge in [0.15, 0.2) is 0 Å². The molecule has 0 heterocycles. The molecule has 0 amide bonds. The first-order chi connectivity index (χ1) is 9.28. The highest BCUT2D eigenvalue weighted by molar-refractivity contribution is 5.40. The highest BCUT2D eigenvalue weighted by atomic mass is 16.5. The molecular weight excluding hydrogens is 234 g/mol. The molecule has 2 saturated carbocycles. The summed E-state index contributed by atoms with van der Waals surface area (Å²) in [6.45, 7) is 3.95. The lowest BCUT2D eigenvalue weighted by Gasteiger charge is -2.23. The molecule has 0 aromatic heterocycles. The molecule has 1 aromatic rings. The van der Waals surface area contributed by atoms with Crippen LogP contribution in [0.1, 0.15) is 36.8 Å². The number of rotatable bonds is 5. The number of para-hydroxylation sites is 1. The number of fused-ring (bicyclic) bond motifs is 2. The van der Waals surface area contributed by atoms with Crippen molar-refractivity contribution in [3.05, 3.63) is 29.3 Å². The van der Waals surface area contributed by atoms with Gasteiger partial charge in [0.2, 0.25) is 0 Å². The van der Waals surface area contributed by atoms with E-state index in [0.29, 0.717) is 0 Å². The Labute approximate surface area is 116 Å². The third kappa shape index (κ3) is 2.64. The van der Waals surface area contributed by atoms with Crippen molar-refractivity contribution >= 4 is 0 Å². The second-order valence-corrected chi connectivity index (χ2v) is 6.34. The van der Waals surface area contributed by atoms with E-state index in [2.05, 4.69) is 30.4 Å². The molecule has 3 unspecified atom stereocenters. The monoisotopic (exact) mass is 259 g/mol. The zero-order chi connectivity index (χ0) is 13.2. The average Bonchev–Trinajstić information content (AvgIpc) is 3.00. The molecule has 2 nitrogen and oxygen atoms in total. The molecule has 0 radical (unpaired) electrons. The molecule has 2 fully saturated rings. The Hall–Kier alpha value is -1.02. The van der Waals surface area contributed by atoms with E-state index in [4.69, 9.17) is 4.74 Å². The van der Waals surface area contributed by atoms with E-state index in [1.54, 1.807) is 0 Å². The number of hydrogen-bond acceptors (Lipinski definition) is 2. The molecule has 1 aromatic carbocycles. The Bertz CT molecular complexity index is 443. The van der Waals surface area contributed by atoms with Crippen molar-refractivity contribution in [2.45, 2.75) is 39.2 Å². The molecule has 0 saturated heterocycles. The van der Waals surface area contributed by atoms with Crippen LogP contribution in [0.15, 0.2) is 18.2 Å². The van der Waals surface area contributed by atoms with Crippen LogP contribution >= 0.6 is 0 Å². The standard InChI is InChI=1S/C17H25NO/c1-12-4-3-5-15(10-18-2)17(12)19-11-16-9-13-6-7-14(16)8-13/h3-5,13-14,16,18H,6-11H2,1-2H3. The third-order valence-corrected chi connectivity index (χ3v) is 4.99. The molecule has 19 heavy (non-hydrogen) atoms. The van der Waals surface area contributed by atoms with Crippen LogP contribution in [-0.4, -0.2) is 13.7 Å². The minimum atomic E-state index is 0.806. The summed E-state index contributed by atoms with van der Waals surface area (Å²) in [4.78, 5) is 0. The summed E-state index contributed by atoms with van der Waals surface area (Å²) in [6, 6.07) is 6.43. The minimum absolute atomic E-state index is 0.806.